The molecule has 0 saturated heterocycles. The summed E-state index contributed by atoms with van der Waals surface area (Å²) in [6, 6.07) is 62.7. The van der Waals surface area contributed by atoms with Gasteiger partial charge in [0.05, 0.1) is 88.3 Å². The van der Waals surface area contributed by atoms with Crippen molar-refractivity contribution in [3.8, 4) is 0 Å². The van der Waals surface area contributed by atoms with Crippen molar-refractivity contribution in [2.75, 3.05) is 0 Å². The second-order valence-electron chi connectivity index (χ2n) is 21.1. The standard InChI is InChI=1S/C24H12N6.C15H14N2.3C12H8N2.2Ru/c1-5-13-17(25-9-1)18-14(6-2-10-26-18)22-21(13)29-23-15-7-3-11-27-19(15)20-16(24(23)30-22)8-4-12-28-20;1-2-5-11-10-12-6-3-8-16-14(12)15-13(11)7-4-9-17-15;3*1-3-9-5-6-10-4-2-8-14-12(10)11(9)13-7-1;;/h1-12H;3-4,6-10H,2,5H2,1H3;3*1-8H;;. The molecule has 0 aliphatic carbocycles. The van der Waals surface area contributed by atoms with Crippen LogP contribution >= 0.6 is 0 Å². The minimum atomic E-state index is 0. The topological polar surface area (TPSA) is 180 Å². The van der Waals surface area contributed by atoms with E-state index in [2.05, 4.69) is 158 Å². The zero-order valence-electron chi connectivity index (χ0n) is 48.7. The first-order valence-corrected chi connectivity index (χ1v) is 29.3. The predicted octanol–water partition coefficient (Wildman–Crippen LogP) is 17.1. The first kappa shape index (κ1) is 59.1. The average Bonchev–Trinajstić information content (AvgIpc) is 0.747. The maximum absolute atomic E-state index is 5.14. The van der Waals surface area contributed by atoms with E-state index in [1.165, 1.54) is 16.3 Å². The summed E-state index contributed by atoms with van der Waals surface area (Å²) in [7, 11) is 0. The summed E-state index contributed by atoms with van der Waals surface area (Å²) in [5, 5.41) is 13.0. The zero-order chi connectivity index (χ0) is 59.5. The van der Waals surface area contributed by atoms with E-state index in [1.807, 2.05) is 109 Å². The third-order valence-corrected chi connectivity index (χ3v) is 15.7. The number of benzene rings is 6. The molecule has 91 heavy (non-hydrogen) atoms. The average molecular weight is 1350 g/mol. The minimum Gasteiger partial charge on any atom is -0.254 e. The van der Waals surface area contributed by atoms with Crippen LogP contribution in [0.1, 0.15) is 18.9 Å². The van der Waals surface area contributed by atoms with Crippen molar-refractivity contribution in [3.05, 3.63) is 268 Å². The fourth-order valence-corrected chi connectivity index (χ4v) is 11.7. The third-order valence-electron chi connectivity index (χ3n) is 15.7. The van der Waals surface area contributed by atoms with Crippen molar-refractivity contribution < 1.29 is 39.0 Å². The third kappa shape index (κ3) is 11.4. The molecule has 0 bridgehead atoms. The largest absolute Gasteiger partial charge is 0.254 e. The van der Waals surface area contributed by atoms with E-state index in [0.717, 1.165) is 155 Å². The summed E-state index contributed by atoms with van der Waals surface area (Å²) in [6.45, 7) is 2.20. The van der Waals surface area contributed by atoms with Gasteiger partial charge in [-0.15, -0.1) is 0 Å². The van der Waals surface area contributed by atoms with Crippen LogP contribution in [0.2, 0.25) is 0 Å². The smallest absolute Gasteiger partial charge is 0.0996 e. The van der Waals surface area contributed by atoms with Gasteiger partial charge in [0.25, 0.3) is 0 Å². The molecular formula is C75H50N14Ru2. The fraction of sp³-hybridized carbons (Fsp3) is 0.0400. The molecule has 0 unspecified atom stereocenters. The van der Waals surface area contributed by atoms with Gasteiger partial charge in [-0.05, 0) is 115 Å². The van der Waals surface area contributed by atoms with Crippen LogP contribution < -0.4 is 0 Å². The maximum atomic E-state index is 5.14. The van der Waals surface area contributed by atoms with E-state index in [1.54, 1.807) is 62.0 Å². The number of hydrogen-bond acceptors (Lipinski definition) is 14. The molecule has 0 aliphatic heterocycles. The Hall–Kier alpha value is -10.9. The van der Waals surface area contributed by atoms with Crippen LogP contribution in [0.25, 0.3) is 153 Å². The van der Waals surface area contributed by atoms with Gasteiger partial charge in [0.2, 0.25) is 0 Å². The first-order valence-electron chi connectivity index (χ1n) is 29.3. The van der Waals surface area contributed by atoms with Gasteiger partial charge in [-0.2, -0.15) is 0 Å². The van der Waals surface area contributed by atoms with E-state index in [-0.39, 0.29) is 39.0 Å². The van der Waals surface area contributed by atoms with E-state index < -0.39 is 0 Å². The number of aryl methyl sites for hydroxylation is 1. The monoisotopic (exact) mass is 1350 g/mol. The molecule has 436 valence electrons. The molecule has 0 N–H and O–H groups in total. The van der Waals surface area contributed by atoms with Crippen LogP contribution in [0, 0.1) is 0 Å². The molecule has 0 fully saturated rings. The number of rotatable bonds is 2. The van der Waals surface area contributed by atoms with Gasteiger partial charge >= 0.3 is 0 Å². The van der Waals surface area contributed by atoms with Crippen LogP contribution in [0.5, 0.6) is 0 Å². The molecule has 6 aromatic carbocycles. The van der Waals surface area contributed by atoms with Crippen molar-refractivity contribution in [1.82, 2.24) is 69.8 Å². The Morgan fingerprint density at radius 2 is 0.407 bits per heavy atom. The molecule has 0 atom stereocenters. The van der Waals surface area contributed by atoms with Gasteiger partial charge in [0.15, 0.2) is 0 Å². The Kier molecular flexibility index (Phi) is 17.2. The maximum Gasteiger partial charge on any atom is 0.0996 e. The molecule has 0 radical (unpaired) electrons. The first-order chi connectivity index (χ1) is 44.1. The molecular weight excluding hydrogens is 1300 g/mol. The second-order valence-corrected chi connectivity index (χ2v) is 21.1. The minimum absolute atomic E-state index is 0. The summed E-state index contributed by atoms with van der Waals surface area (Å²) in [5.41, 5.74) is 15.9. The van der Waals surface area contributed by atoms with Gasteiger partial charge in [-0.3, -0.25) is 59.8 Å². The molecule has 13 aromatic heterocycles. The van der Waals surface area contributed by atoms with Gasteiger partial charge in [0, 0.05) is 178 Å². The molecule has 16 heteroatoms. The van der Waals surface area contributed by atoms with Crippen molar-refractivity contribution in [2.24, 2.45) is 0 Å². The fourth-order valence-electron chi connectivity index (χ4n) is 11.7. The Labute approximate surface area is 545 Å². The number of nitrogens with zero attached hydrogens (tertiary/aromatic N) is 14. The number of fused-ring (bicyclic) bond motifs is 24. The van der Waals surface area contributed by atoms with Crippen LogP contribution in [0.4, 0.5) is 0 Å². The molecule has 14 nitrogen and oxygen atoms in total. The molecule has 19 rings (SSSR count). The van der Waals surface area contributed by atoms with Gasteiger partial charge < -0.3 is 0 Å². The van der Waals surface area contributed by atoms with E-state index in [0.29, 0.717) is 0 Å². The summed E-state index contributed by atoms with van der Waals surface area (Å²) < 4.78 is 0. The summed E-state index contributed by atoms with van der Waals surface area (Å²) in [6.07, 6.45) is 23.9. The SMILES string of the molecule is CCCc1cc2cccnc2c2ncccc12.[Ru].[Ru].c1cnc2c(c1)c1nc3c4cccnc4c4ncccc4c3nc1c1cccnc12.c1cnc2c(c1)ccc1cccnc12.c1cnc2c(c1)ccc1cccnc12.c1cnc2c(c1)ccc1cccnc12. The zero-order valence-corrected chi connectivity index (χ0v) is 52.2. The molecule has 0 amide bonds. The molecule has 0 saturated carbocycles. The van der Waals surface area contributed by atoms with E-state index in [9.17, 15) is 0 Å². The van der Waals surface area contributed by atoms with E-state index >= 15 is 0 Å². The van der Waals surface area contributed by atoms with Gasteiger partial charge in [-0.1, -0.05) is 98.3 Å². The summed E-state index contributed by atoms with van der Waals surface area (Å²) in [4.78, 5) is 63.7. The Morgan fingerprint density at radius 3 is 0.659 bits per heavy atom. The quantitative estimate of drug-likeness (QED) is 0.0906. The predicted molar refractivity (Wildman–Crippen MR) is 360 cm³/mol. The second kappa shape index (κ2) is 26.4. The number of aromatic nitrogens is 14. The van der Waals surface area contributed by atoms with E-state index in [4.69, 9.17) is 9.97 Å². The van der Waals surface area contributed by atoms with Crippen LogP contribution in [0.15, 0.2) is 262 Å². The molecule has 19 aromatic rings. The van der Waals surface area contributed by atoms with Gasteiger partial charge in [0.1, 0.15) is 0 Å². The summed E-state index contributed by atoms with van der Waals surface area (Å²) in [5.74, 6) is 0. The van der Waals surface area contributed by atoms with Crippen molar-refractivity contribution >= 4 is 153 Å². The van der Waals surface area contributed by atoms with Crippen molar-refractivity contribution in [1.29, 1.82) is 0 Å². The van der Waals surface area contributed by atoms with Crippen LogP contribution in [-0.2, 0) is 45.4 Å². The molecule has 13 heterocycles. The Balaban J connectivity index is 0.000000108. The Bertz CT molecular complexity index is 5210. The Morgan fingerprint density at radius 1 is 0.209 bits per heavy atom. The van der Waals surface area contributed by atoms with Crippen LogP contribution in [-0.4, -0.2) is 69.8 Å². The van der Waals surface area contributed by atoms with Crippen molar-refractivity contribution in [2.45, 2.75) is 19.8 Å². The van der Waals surface area contributed by atoms with Crippen LogP contribution in [0.3, 0.4) is 0 Å². The molecule has 0 aliphatic rings. The van der Waals surface area contributed by atoms with Gasteiger partial charge in [-0.25, -0.2) is 9.97 Å². The normalized spacial score (nSPS) is 11.0. The van der Waals surface area contributed by atoms with Crippen molar-refractivity contribution in [3.63, 3.8) is 0 Å². The number of pyridine rings is 12. The summed E-state index contributed by atoms with van der Waals surface area (Å²) >= 11 is 0. The molecule has 0 spiro atoms. The number of hydrogen-bond donors (Lipinski definition) is 0.